The summed E-state index contributed by atoms with van der Waals surface area (Å²) in [6.07, 6.45) is 7.12. The summed E-state index contributed by atoms with van der Waals surface area (Å²) >= 11 is 0. The summed E-state index contributed by atoms with van der Waals surface area (Å²) in [5, 5.41) is 4.11. The molecule has 1 aromatic carbocycles. The monoisotopic (exact) mass is 324 g/mol. The Hall–Kier alpha value is -2.56. The number of amides is 1. The van der Waals surface area contributed by atoms with Crippen molar-refractivity contribution in [3.8, 4) is 0 Å². The summed E-state index contributed by atoms with van der Waals surface area (Å²) in [6.45, 7) is 6.71. The highest BCUT2D eigenvalue weighted by atomic mass is 16.2. The number of para-hydroxylation sites is 1. The minimum atomic E-state index is 0.0655. The highest BCUT2D eigenvalue weighted by molar-refractivity contribution is 5.92. The summed E-state index contributed by atoms with van der Waals surface area (Å²) in [5.74, 6) is 0.0655. The van der Waals surface area contributed by atoms with Crippen LogP contribution in [-0.2, 0) is 11.8 Å². The summed E-state index contributed by atoms with van der Waals surface area (Å²) in [6, 6.07) is 8.60. The second kappa shape index (κ2) is 6.91. The van der Waals surface area contributed by atoms with Crippen molar-refractivity contribution in [1.29, 1.82) is 0 Å². The van der Waals surface area contributed by atoms with Gasteiger partial charge in [0.25, 0.3) is 0 Å². The molecule has 3 rings (SSSR count). The highest BCUT2D eigenvalue weighted by Crippen LogP contribution is 2.23. The Morgan fingerprint density at radius 3 is 2.75 bits per heavy atom. The Morgan fingerprint density at radius 1 is 1.29 bits per heavy atom. The van der Waals surface area contributed by atoms with Gasteiger partial charge < -0.3 is 9.80 Å². The van der Waals surface area contributed by atoms with Crippen LogP contribution in [0.2, 0.25) is 0 Å². The number of aromatic nitrogens is 2. The zero-order chi connectivity index (χ0) is 17.1. The molecule has 1 aromatic heterocycles. The number of carbonyl (C=O) groups excluding carboxylic acids is 1. The Labute approximate surface area is 143 Å². The Kier molecular flexibility index (Phi) is 4.69. The number of aryl methyl sites for hydroxylation is 2. The maximum atomic E-state index is 12.5. The molecule has 0 radical (unpaired) electrons. The standard InChI is InChI=1S/C19H24N4O/c1-15-6-4-5-7-18(15)22-10-11-23(16(2)13-22)19(24)9-8-17-12-20-21(3)14-17/h4-9,12,14,16H,10-11,13H2,1-3H3/b9-8+. The molecule has 1 aliphatic rings. The minimum absolute atomic E-state index is 0.0655. The van der Waals surface area contributed by atoms with E-state index in [1.807, 2.05) is 24.2 Å². The van der Waals surface area contributed by atoms with Crippen molar-refractivity contribution in [2.24, 2.45) is 7.05 Å². The maximum absolute atomic E-state index is 12.5. The fraction of sp³-hybridized carbons (Fsp3) is 0.368. The first-order valence-electron chi connectivity index (χ1n) is 8.32. The van der Waals surface area contributed by atoms with Crippen LogP contribution in [0, 0.1) is 6.92 Å². The fourth-order valence-electron chi connectivity index (χ4n) is 3.21. The van der Waals surface area contributed by atoms with E-state index in [9.17, 15) is 4.79 Å². The topological polar surface area (TPSA) is 41.4 Å². The molecule has 1 saturated heterocycles. The number of piperazine rings is 1. The van der Waals surface area contributed by atoms with Crippen LogP contribution < -0.4 is 4.90 Å². The van der Waals surface area contributed by atoms with E-state index in [-0.39, 0.29) is 11.9 Å². The van der Waals surface area contributed by atoms with E-state index in [1.54, 1.807) is 17.0 Å². The van der Waals surface area contributed by atoms with Crippen molar-refractivity contribution >= 4 is 17.7 Å². The number of nitrogens with zero attached hydrogens (tertiary/aromatic N) is 4. The number of rotatable bonds is 3. The Balaban J connectivity index is 1.64. The average molecular weight is 324 g/mol. The van der Waals surface area contributed by atoms with Gasteiger partial charge in [-0.25, -0.2) is 0 Å². The fourth-order valence-corrected chi connectivity index (χ4v) is 3.21. The SMILES string of the molecule is Cc1ccccc1N1CCN(C(=O)/C=C/c2cnn(C)c2)C(C)C1. The predicted molar refractivity (Wildman–Crippen MR) is 96.8 cm³/mol. The van der Waals surface area contributed by atoms with Gasteiger partial charge >= 0.3 is 0 Å². The summed E-state index contributed by atoms with van der Waals surface area (Å²) in [7, 11) is 1.87. The number of benzene rings is 1. The summed E-state index contributed by atoms with van der Waals surface area (Å²) < 4.78 is 1.73. The third kappa shape index (κ3) is 3.50. The molecule has 1 unspecified atom stereocenters. The van der Waals surface area contributed by atoms with Gasteiger partial charge in [0, 0.05) is 56.2 Å². The largest absolute Gasteiger partial charge is 0.367 e. The number of anilines is 1. The van der Waals surface area contributed by atoms with Gasteiger partial charge in [-0.05, 0) is 31.6 Å². The Bertz CT molecular complexity index is 749. The normalized spacial score (nSPS) is 18.4. The Morgan fingerprint density at radius 2 is 2.08 bits per heavy atom. The van der Waals surface area contributed by atoms with E-state index in [0.29, 0.717) is 0 Å². The smallest absolute Gasteiger partial charge is 0.246 e. The molecule has 24 heavy (non-hydrogen) atoms. The molecule has 1 aliphatic heterocycles. The van der Waals surface area contributed by atoms with Gasteiger partial charge in [-0.2, -0.15) is 5.10 Å². The number of carbonyl (C=O) groups is 1. The van der Waals surface area contributed by atoms with Gasteiger partial charge in [0.1, 0.15) is 0 Å². The van der Waals surface area contributed by atoms with E-state index in [2.05, 4.69) is 48.1 Å². The molecule has 0 aliphatic carbocycles. The molecule has 1 atom stereocenters. The van der Waals surface area contributed by atoms with Gasteiger partial charge in [-0.1, -0.05) is 18.2 Å². The molecule has 1 amide bonds. The number of hydrogen-bond acceptors (Lipinski definition) is 3. The van der Waals surface area contributed by atoms with Crippen molar-refractivity contribution in [3.05, 3.63) is 53.9 Å². The van der Waals surface area contributed by atoms with Gasteiger partial charge in [-0.3, -0.25) is 9.48 Å². The first-order valence-corrected chi connectivity index (χ1v) is 8.32. The minimum Gasteiger partial charge on any atom is -0.367 e. The van der Waals surface area contributed by atoms with E-state index < -0.39 is 0 Å². The molecule has 2 heterocycles. The molecule has 0 spiro atoms. The van der Waals surface area contributed by atoms with Crippen molar-refractivity contribution in [2.45, 2.75) is 19.9 Å². The molecule has 2 aromatic rings. The summed E-state index contributed by atoms with van der Waals surface area (Å²) in [5.41, 5.74) is 3.49. The van der Waals surface area contributed by atoms with Crippen LogP contribution in [0.5, 0.6) is 0 Å². The highest BCUT2D eigenvalue weighted by Gasteiger charge is 2.26. The average Bonchev–Trinajstić information content (AvgIpc) is 2.98. The van der Waals surface area contributed by atoms with Crippen LogP contribution in [0.4, 0.5) is 5.69 Å². The zero-order valence-corrected chi connectivity index (χ0v) is 14.5. The molecule has 0 saturated carbocycles. The van der Waals surface area contributed by atoms with E-state index in [1.165, 1.54) is 11.3 Å². The molecular formula is C19H24N4O. The predicted octanol–water partition coefficient (Wildman–Crippen LogP) is 2.48. The second-order valence-corrected chi connectivity index (χ2v) is 6.39. The first kappa shape index (κ1) is 16.3. The summed E-state index contributed by atoms with van der Waals surface area (Å²) in [4.78, 5) is 16.8. The quantitative estimate of drug-likeness (QED) is 0.815. The molecule has 0 bridgehead atoms. The third-order valence-electron chi connectivity index (χ3n) is 4.51. The molecule has 1 fully saturated rings. The molecule has 126 valence electrons. The van der Waals surface area contributed by atoms with Crippen LogP contribution in [0.1, 0.15) is 18.1 Å². The van der Waals surface area contributed by atoms with Crippen LogP contribution in [0.25, 0.3) is 6.08 Å². The van der Waals surface area contributed by atoms with Gasteiger partial charge in [-0.15, -0.1) is 0 Å². The third-order valence-corrected chi connectivity index (χ3v) is 4.51. The van der Waals surface area contributed by atoms with Gasteiger partial charge in [0.2, 0.25) is 5.91 Å². The lowest BCUT2D eigenvalue weighted by molar-refractivity contribution is -0.128. The molecule has 5 heteroatoms. The van der Waals surface area contributed by atoms with Crippen LogP contribution >= 0.6 is 0 Å². The van der Waals surface area contributed by atoms with Crippen molar-refractivity contribution in [3.63, 3.8) is 0 Å². The van der Waals surface area contributed by atoms with Crippen molar-refractivity contribution in [1.82, 2.24) is 14.7 Å². The van der Waals surface area contributed by atoms with E-state index in [0.717, 1.165) is 25.2 Å². The van der Waals surface area contributed by atoms with Gasteiger partial charge in [0.15, 0.2) is 0 Å². The second-order valence-electron chi connectivity index (χ2n) is 6.39. The zero-order valence-electron chi connectivity index (χ0n) is 14.5. The maximum Gasteiger partial charge on any atom is 0.246 e. The van der Waals surface area contributed by atoms with E-state index >= 15 is 0 Å². The molecular weight excluding hydrogens is 300 g/mol. The van der Waals surface area contributed by atoms with Crippen molar-refractivity contribution < 1.29 is 4.79 Å². The van der Waals surface area contributed by atoms with Crippen LogP contribution in [0.3, 0.4) is 0 Å². The van der Waals surface area contributed by atoms with Crippen LogP contribution in [-0.4, -0.2) is 46.3 Å². The number of hydrogen-bond donors (Lipinski definition) is 0. The lowest BCUT2D eigenvalue weighted by Gasteiger charge is -2.41. The van der Waals surface area contributed by atoms with Gasteiger partial charge in [0.05, 0.1) is 6.20 Å². The lowest BCUT2D eigenvalue weighted by Crippen LogP contribution is -2.53. The van der Waals surface area contributed by atoms with E-state index in [4.69, 9.17) is 0 Å². The molecule has 5 nitrogen and oxygen atoms in total. The molecule has 0 N–H and O–H groups in total. The van der Waals surface area contributed by atoms with Crippen molar-refractivity contribution in [2.75, 3.05) is 24.5 Å². The van der Waals surface area contributed by atoms with Crippen LogP contribution in [0.15, 0.2) is 42.7 Å². The lowest BCUT2D eigenvalue weighted by atomic mass is 10.1. The first-order chi connectivity index (χ1) is 11.5.